The number of benzene rings is 2. The molecule has 2 aromatic rings. The van der Waals surface area contributed by atoms with Crippen LogP contribution in [-0.2, 0) is 6.42 Å². The summed E-state index contributed by atoms with van der Waals surface area (Å²) in [7, 11) is 1.64. The highest BCUT2D eigenvalue weighted by Gasteiger charge is 2.11. The van der Waals surface area contributed by atoms with Gasteiger partial charge in [0.2, 0.25) is 0 Å². The first-order chi connectivity index (χ1) is 8.70. The average molecular weight is 307 g/mol. The summed E-state index contributed by atoms with van der Waals surface area (Å²) in [5, 5.41) is 10.2. The number of methoxy groups -OCH3 is 1. The molecule has 0 aromatic heterocycles. The van der Waals surface area contributed by atoms with Crippen LogP contribution in [0.25, 0.3) is 0 Å². The van der Waals surface area contributed by atoms with Crippen LogP contribution in [-0.4, -0.2) is 12.2 Å². The van der Waals surface area contributed by atoms with Gasteiger partial charge in [-0.2, -0.15) is 0 Å². The van der Waals surface area contributed by atoms with Crippen LogP contribution in [0.3, 0.4) is 0 Å². The minimum Gasteiger partial charge on any atom is -0.497 e. The van der Waals surface area contributed by atoms with E-state index in [-0.39, 0.29) is 0 Å². The van der Waals surface area contributed by atoms with E-state index in [1.54, 1.807) is 7.11 Å². The lowest BCUT2D eigenvalue weighted by molar-refractivity contribution is 0.178. The summed E-state index contributed by atoms with van der Waals surface area (Å²) in [6.07, 6.45) is 0.0523. The van der Waals surface area contributed by atoms with Gasteiger partial charge in [0, 0.05) is 10.9 Å². The Balaban J connectivity index is 2.18. The molecule has 0 bridgehead atoms. The standard InChI is InChI=1S/C15H15BrO2/c1-18-13-7-8-14(16)12(9-13)10-15(17)11-5-3-2-4-6-11/h2-9,15,17H,10H2,1H3. The van der Waals surface area contributed by atoms with E-state index in [4.69, 9.17) is 4.74 Å². The van der Waals surface area contributed by atoms with Gasteiger partial charge in [0.1, 0.15) is 5.75 Å². The molecule has 2 rings (SSSR count). The van der Waals surface area contributed by atoms with Crippen molar-refractivity contribution in [1.82, 2.24) is 0 Å². The molecule has 0 spiro atoms. The first-order valence-corrected chi connectivity index (χ1v) is 6.55. The minimum atomic E-state index is -0.505. The molecule has 0 fully saturated rings. The number of aliphatic hydroxyl groups excluding tert-OH is 1. The molecule has 0 heterocycles. The van der Waals surface area contributed by atoms with Gasteiger partial charge in [-0.25, -0.2) is 0 Å². The van der Waals surface area contributed by atoms with Crippen molar-refractivity contribution in [3.05, 3.63) is 64.1 Å². The zero-order valence-electron chi connectivity index (χ0n) is 10.1. The molecule has 0 saturated carbocycles. The van der Waals surface area contributed by atoms with Gasteiger partial charge in [0.25, 0.3) is 0 Å². The van der Waals surface area contributed by atoms with E-state index >= 15 is 0 Å². The van der Waals surface area contributed by atoms with Crippen LogP contribution in [0.1, 0.15) is 17.2 Å². The summed E-state index contributed by atoms with van der Waals surface area (Å²) >= 11 is 3.49. The molecule has 3 heteroatoms. The predicted molar refractivity (Wildman–Crippen MR) is 75.8 cm³/mol. The zero-order chi connectivity index (χ0) is 13.0. The van der Waals surface area contributed by atoms with E-state index in [1.165, 1.54) is 0 Å². The van der Waals surface area contributed by atoms with Gasteiger partial charge in [-0.15, -0.1) is 0 Å². The van der Waals surface area contributed by atoms with Crippen molar-refractivity contribution in [3.63, 3.8) is 0 Å². The molecule has 1 N–H and O–H groups in total. The van der Waals surface area contributed by atoms with Crippen molar-refractivity contribution in [3.8, 4) is 5.75 Å². The Bertz CT molecular complexity index is 511. The number of halogens is 1. The van der Waals surface area contributed by atoms with E-state index in [2.05, 4.69) is 15.9 Å². The first kappa shape index (κ1) is 13.1. The second kappa shape index (κ2) is 6.03. The Hall–Kier alpha value is -1.32. The maximum absolute atomic E-state index is 10.2. The first-order valence-electron chi connectivity index (χ1n) is 5.76. The fourth-order valence-electron chi connectivity index (χ4n) is 1.84. The van der Waals surface area contributed by atoms with Crippen molar-refractivity contribution in [2.75, 3.05) is 7.11 Å². The van der Waals surface area contributed by atoms with E-state index in [0.717, 1.165) is 21.3 Å². The maximum atomic E-state index is 10.2. The van der Waals surface area contributed by atoms with E-state index in [1.807, 2.05) is 48.5 Å². The third-order valence-electron chi connectivity index (χ3n) is 2.85. The van der Waals surface area contributed by atoms with Gasteiger partial charge in [-0.1, -0.05) is 46.3 Å². The molecule has 0 aliphatic heterocycles. The van der Waals surface area contributed by atoms with Crippen LogP contribution in [0.5, 0.6) is 5.75 Å². The lowest BCUT2D eigenvalue weighted by Crippen LogP contribution is -2.02. The number of rotatable bonds is 4. The van der Waals surface area contributed by atoms with Crippen LogP contribution in [0.4, 0.5) is 0 Å². The number of ether oxygens (including phenoxy) is 1. The van der Waals surface area contributed by atoms with E-state index < -0.39 is 6.10 Å². The average Bonchev–Trinajstić information content (AvgIpc) is 2.42. The highest BCUT2D eigenvalue weighted by molar-refractivity contribution is 9.10. The Kier molecular flexibility index (Phi) is 4.39. The molecule has 1 unspecified atom stereocenters. The number of aliphatic hydroxyl groups is 1. The molecule has 94 valence electrons. The molecular weight excluding hydrogens is 292 g/mol. The Morgan fingerprint density at radius 1 is 1.17 bits per heavy atom. The second-order valence-corrected chi connectivity index (χ2v) is 4.94. The molecule has 2 aromatic carbocycles. The fraction of sp³-hybridized carbons (Fsp3) is 0.200. The molecule has 0 aliphatic rings. The second-order valence-electron chi connectivity index (χ2n) is 4.09. The van der Waals surface area contributed by atoms with Crippen molar-refractivity contribution in [2.24, 2.45) is 0 Å². The largest absolute Gasteiger partial charge is 0.497 e. The van der Waals surface area contributed by atoms with Crippen molar-refractivity contribution >= 4 is 15.9 Å². The van der Waals surface area contributed by atoms with E-state index in [0.29, 0.717) is 6.42 Å². The molecule has 0 aliphatic carbocycles. The van der Waals surface area contributed by atoms with Gasteiger partial charge in [-0.3, -0.25) is 0 Å². The number of hydrogen-bond acceptors (Lipinski definition) is 2. The normalized spacial score (nSPS) is 12.2. The molecule has 18 heavy (non-hydrogen) atoms. The van der Waals surface area contributed by atoms with Gasteiger partial charge in [-0.05, 0) is 29.3 Å². The lowest BCUT2D eigenvalue weighted by Gasteiger charge is -2.13. The highest BCUT2D eigenvalue weighted by Crippen LogP contribution is 2.27. The highest BCUT2D eigenvalue weighted by atomic mass is 79.9. The Morgan fingerprint density at radius 3 is 2.56 bits per heavy atom. The Morgan fingerprint density at radius 2 is 1.89 bits per heavy atom. The third kappa shape index (κ3) is 3.12. The van der Waals surface area contributed by atoms with Crippen molar-refractivity contribution < 1.29 is 9.84 Å². The molecule has 1 atom stereocenters. The number of hydrogen-bond donors (Lipinski definition) is 1. The molecular formula is C15H15BrO2. The van der Waals surface area contributed by atoms with Crippen LogP contribution < -0.4 is 4.74 Å². The molecule has 0 amide bonds. The summed E-state index contributed by atoms with van der Waals surface area (Å²) in [6, 6.07) is 15.4. The molecule has 2 nitrogen and oxygen atoms in total. The quantitative estimate of drug-likeness (QED) is 0.932. The van der Waals surface area contributed by atoms with Crippen LogP contribution in [0, 0.1) is 0 Å². The zero-order valence-corrected chi connectivity index (χ0v) is 11.7. The van der Waals surface area contributed by atoms with Crippen molar-refractivity contribution in [2.45, 2.75) is 12.5 Å². The molecule has 0 saturated heterocycles. The van der Waals surface area contributed by atoms with Gasteiger partial charge in [0.15, 0.2) is 0 Å². The van der Waals surface area contributed by atoms with Crippen LogP contribution in [0.2, 0.25) is 0 Å². The summed E-state index contributed by atoms with van der Waals surface area (Å²) in [6.45, 7) is 0. The fourth-order valence-corrected chi connectivity index (χ4v) is 2.24. The topological polar surface area (TPSA) is 29.5 Å². The van der Waals surface area contributed by atoms with Crippen molar-refractivity contribution in [1.29, 1.82) is 0 Å². The Labute approximate surface area is 115 Å². The minimum absolute atomic E-state index is 0.505. The van der Waals surface area contributed by atoms with Gasteiger partial charge < -0.3 is 9.84 Å². The van der Waals surface area contributed by atoms with E-state index in [9.17, 15) is 5.11 Å². The SMILES string of the molecule is COc1ccc(Br)c(CC(O)c2ccccc2)c1. The smallest absolute Gasteiger partial charge is 0.119 e. The molecule has 0 radical (unpaired) electrons. The van der Waals surface area contributed by atoms with Gasteiger partial charge in [0.05, 0.1) is 13.2 Å². The maximum Gasteiger partial charge on any atom is 0.119 e. The summed E-state index contributed by atoms with van der Waals surface area (Å²) in [5.41, 5.74) is 1.96. The summed E-state index contributed by atoms with van der Waals surface area (Å²) < 4.78 is 6.18. The van der Waals surface area contributed by atoms with Gasteiger partial charge >= 0.3 is 0 Å². The third-order valence-corrected chi connectivity index (χ3v) is 3.62. The van der Waals surface area contributed by atoms with Crippen LogP contribution >= 0.6 is 15.9 Å². The lowest BCUT2D eigenvalue weighted by atomic mass is 10.0. The summed E-state index contributed by atoms with van der Waals surface area (Å²) in [4.78, 5) is 0. The monoisotopic (exact) mass is 306 g/mol. The van der Waals surface area contributed by atoms with Crippen LogP contribution in [0.15, 0.2) is 53.0 Å². The predicted octanol–water partition coefficient (Wildman–Crippen LogP) is 3.73. The summed E-state index contributed by atoms with van der Waals surface area (Å²) in [5.74, 6) is 0.800.